The summed E-state index contributed by atoms with van der Waals surface area (Å²) in [5.41, 5.74) is 6.48. The van der Waals surface area contributed by atoms with Crippen LogP contribution in [0, 0.1) is 0 Å². The molecule has 1 aromatic heterocycles. The molecule has 90 valence electrons. The van der Waals surface area contributed by atoms with E-state index in [2.05, 4.69) is 16.3 Å². The number of hydrogen-bond acceptors (Lipinski definition) is 6. The summed E-state index contributed by atoms with van der Waals surface area (Å²) < 4.78 is 27.4. The highest BCUT2D eigenvalue weighted by molar-refractivity contribution is 7.91. The zero-order chi connectivity index (χ0) is 12.3. The molecule has 0 saturated heterocycles. The maximum absolute atomic E-state index is 11.8. The summed E-state index contributed by atoms with van der Waals surface area (Å²) in [4.78, 5) is 0.112. The molecule has 1 rings (SSSR count). The summed E-state index contributed by atoms with van der Waals surface area (Å²) >= 11 is 1.05. The van der Waals surface area contributed by atoms with Gasteiger partial charge in [-0.3, -0.25) is 0 Å². The van der Waals surface area contributed by atoms with E-state index in [1.54, 1.807) is 6.92 Å². The average Bonchev–Trinajstić information content (AvgIpc) is 2.57. The lowest BCUT2D eigenvalue weighted by Gasteiger charge is -2.06. The average molecular weight is 261 g/mol. The Hall–Kier alpha value is -1.08. The van der Waals surface area contributed by atoms with Gasteiger partial charge in [0.2, 0.25) is 0 Å². The second-order valence-corrected chi connectivity index (χ2v) is 6.43. The van der Waals surface area contributed by atoms with E-state index < -0.39 is 9.84 Å². The quantitative estimate of drug-likeness (QED) is 0.785. The molecule has 1 heterocycles. The Morgan fingerprint density at radius 1 is 1.62 bits per heavy atom. The molecule has 0 amide bonds. The first-order chi connectivity index (χ1) is 7.38. The first-order valence-corrected chi connectivity index (χ1v) is 7.17. The molecule has 3 N–H and O–H groups in total. The number of nitrogens with two attached hydrogens (primary N) is 1. The molecule has 1 aromatic rings. The van der Waals surface area contributed by atoms with Gasteiger partial charge in [-0.2, -0.15) is 4.37 Å². The number of hydrogen-bond donors (Lipinski definition) is 2. The third-order valence-corrected chi connectivity index (χ3v) is 4.66. The van der Waals surface area contributed by atoms with Crippen molar-refractivity contribution in [1.82, 2.24) is 4.37 Å². The molecule has 0 bridgehead atoms. The summed E-state index contributed by atoms with van der Waals surface area (Å²) in [5.74, 6) is 0.0771. The van der Waals surface area contributed by atoms with Crippen LogP contribution in [0.25, 0.3) is 0 Å². The van der Waals surface area contributed by atoms with Crippen molar-refractivity contribution >= 4 is 32.2 Å². The predicted octanol–water partition coefficient (Wildman–Crippen LogP) is 1.51. The molecule has 0 saturated carbocycles. The Morgan fingerprint density at radius 2 is 2.25 bits per heavy atom. The highest BCUT2D eigenvalue weighted by Crippen LogP contribution is 2.32. The largest absolute Gasteiger partial charge is 0.382 e. The van der Waals surface area contributed by atoms with Gasteiger partial charge in [0, 0.05) is 6.54 Å². The van der Waals surface area contributed by atoms with Crippen LogP contribution in [0.15, 0.2) is 17.0 Å². The van der Waals surface area contributed by atoms with E-state index >= 15 is 0 Å². The van der Waals surface area contributed by atoms with E-state index in [0.29, 0.717) is 11.5 Å². The van der Waals surface area contributed by atoms with Gasteiger partial charge >= 0.3 is 0 Å². The van der Waals surface area contributed by atoms with E-state index in [1.165, 1.54) is 0 Å². The van der Waals surface area contributed by atoms with E-state index in [0.717, 1.165) is 17.1 Å². The van der Waals surface area contributed by atoms with Gasteiger partial charge in [-0.15, -0.1) is 0 Å². The fourth-order valence-corrected chi connectivity index (χ4v) is 3.25. The minimum absolute atomic E-state index is 0.0113. The summed E-state index contributed by atoms with van der Waals surface area (Å²) in [5, 5.41) is 3.46. The van der Waals surface area contributed by atoms with Crippen molar-refractivity contribution in [1.29, 1.82) is 0 Å². The number of nitrogens with one attached hydrogen (secondary N) is 1. The summed E-state index contributed by atoms with van der Waals surface area (Å²) in [6, 6.07) is 0. The second kappa shape index (κ2) is 4.84. The SMILES string of the molecule is C=C(C)CNc1snc(N)c1S(=O)(=O)CC. The molecule has 0 aromatic carbocycles. The Balaban J connectivity index is 3.09. The maximum atomic E-state index is 11.8. The van der Waals surface area contributed by atoms with E-state index in [9.17, 15) is 8.42 Å². The van der Waals surface area contributed by atoms with E-state index in [1.807, 2.05) is 6.92 Å². The fourth-order valence-electron chi connectivity index (χ4n) is 1.08. The molecule has 0 spiro atoms. The molecule has 16 heavy (non-hydrogen) atoms. The normalized spacial score (nSPS) is 11.4. The Bertz CT molecular complexity index is 491. The monoisotopic (exact) mass is 261 g/mol. The van der Waals surface area contributed by atoms with Crippen LogP contribution < -0.4 is 11.1 Å². The van der Waals surface area contributed by atoms with Crippen LogP contribution in [0.4, 0.5) is 10.8 Å². The predicted molar refractivity (Wildman–Crippen MR) is 67.6 cm³/mol. The van der Waals surface area contributed by atoms with Gasteiger partial charge in [0.05, 0.1) is 5.75 Å². The molecule has 5 nitrogen and oxygen atoms in total. The molecule has 0 atom stereocenters. The minimum Gasteiger partial charge on any atom is -0.382 e. The molecule has 0 aliphatic rings. The highest BCUT2D eigenvalue weighted by Gasteiger charge is 2.23. The zero-order valence-corrected chi connectivity index (χ0v) is 10.9. The fraction of sp³-hybridized carbons (Fsp3) is 0.444. The topological polar surface area (TPSA) is 85.1 Å². The van der Waals surface area contributed by atoms with Crippen LogP contribution in [0.2, 0.25) is 0 Å². The van der Waals surface area contributed by atoms with E-state index in [-0.39, 0.29) is 16.5 Å². The van der Waals surface area contributed by atoms with Crippen LogP contribution in [-0.4, -0.2) is 25.1 Å². The van der Waals surface area contributed by atoms with Crippen LogP contribution in [-0.2, 0) is 9.84 Å². The van der Waals surface area contributed by atoms with Crippen molar-refractivity contribution in [2.24, 2.45) is 0 Å². The molecule has 0 unspecified atom stereocenters. The standard InChI is InChI=1S/C9H15N3O2S2/c1-4-16(13,14)7-8(10)12-15-9(7)11-5-6(2)3/h11H,2,4-5H2,1,3H3,(H2,10,12). The Labute approximate surface area is 99.4 Å². The van der Waals surface area contributed by atoms with E-state index in [4.69, 9.17) is 5.73 Å². The van der Waals surface area contributed by atoms with Crippen molar-refractivity contribution in [2.45, 2.75) is 18.7 Å². The molecule has 0 aliphatic heterocycles. The molecule has 7 heteroatoms. The molecular weight excluding hydrogens is 246 g/mol. The maximum Gasteiger partial charge on any atom is 0.184 e. The molecule has 0 aliphatic carbocycles. The first-order valence-electron chi connectivity index (χ1n) is 4.74. The minimum atomic E-state index is -3.33. The van der Waals surface area contributed by atoms with Gasteiger partial charge in [0.1, 0.15) is 9.90 Å². The van der Waals surface area contributed by atoms with Crippen molar-refractivity contribution in [3.8, 4) is 0 Å². The van der Waals surface area contributed by atoms with Gasteiger partial charge in [0.25, 0.3) is 0 Å². The van der Waals surface area contributed by atoms with Crippen LogP contribution in [0.3, 0.4) is 0 Å². The molecular formula is C9H15N3O2S2. The second-order valence-electron chi connectivity index (χ2n) is 3.44. The first kappa shape index (κ1) is 13.0. The third-order valence-electron chi connectivity index (χ3n) is 1.92. The van der Waals surface area contributed by atoms with Crippen molar-refractivity contribution in [3.05, 3.63) is 12.2 Å². The zero-order valence-electron chi connectivity index (χ0n) is 9.28. The van der Waals surface area contributed by atoms with Crippen LogP contribution in [0.1, 0.15) is 13.8 Å². The van der Waals surface area contributed by atoms with Gasteiger partial charge in [0.15, 0.2) is 15.7 Å². The van der Waals surface area contributed by atoms with Gasteiger partial charge in [-0.05, 0) is 18.5 Å². The lowest BCUT2D eigenvalue weighted by Crippen LogP contribution is -2.10. The summed E-state index contributed by atoms with van der Waals surface area (Å²) in [6.07, 6.45) is 0. The smallest absolute Gasteiger partial charge is 0.184 e. The Kier molecular flexibility index (Phi) is 3.93. The third kappa shape index (κ3) is 2.73. The van der Waals surface area contributed by atoms with Crippen molar-refractivity contribution in [3.63, 3.8) is 0 Å². The van der Waals surface area contributed by atoms with Gasteiger partial charge in [-0.25, -0.2) is 8.42 Å². The lowest BCUT2D eigenvalue weighted by molar-refractivity contribution is 0.598. The van der Waals surface area contributed by atoms with Gasteiger partial charge < -0.3 is 11.1 Å². The number of nitrogens with zero attached hydrogens (tertiary/aromatic N) is 1. The summed E-state index contributed by atoms with van der Waals surface area (Å²) in [7, 11) is -3.33. The number of aromatic nitrogens is 1. The van der Waals surface area contributed by atoms with Crippen molar-refractivity contribution < 1.29 is 8.42 Å². The number of nitrogen functional groups attached to an aromatic ring is 1. The lowest BCUT2D eigenvalue weighted by atomic mass is 10.3. The van der Waals surface area contributed by atoms with Crippen molar-refractivity contribution in [2.75, 3.05) is 23.3 Å². The van der Waals surface area contributed by atoms with Crippen LogP contribution >= 0.6 is 11.5 Å². The number of rotatable bonds is 5. The molecule has 0 radical (unpaired) electrons. The Morgan fingerprint density at radius 3 is 2.75 bits per heavy atom. The number of anilines is 2. The van der Waals surface area contributed by atoms with Gasteiger partial charge in [-0.1, -0.05) is 19.1 Å². The summed E-state index contributed by atoms with van der Waals surface area (Å²) in [6.45, 7) is 7.67. The number of sulfone groups is 1. The highest BCUT2D eigenvalue weighted by atomic mass is 32.2. The molecule has 0 fully saturated rings. The van der Waals surface area contributed by atoms with Crippen LogP contribution in [0.5, 0.6) is 0 Å².